The van der Waals surface area contributed by atoms with Crippen molar-refractivity contribution in [2.75, 3.05) is 18.1 Å². The van der Waals surface area contributed by atoms with Gasteiger partial charge in [-0.1, -0.05) is 30.3 Å². The van der Waals surface area contributed by atoms with Crippen molar-refractivity contribution in [3.63, 3.8) is 0 Å². The zero-order valence-corrected chi connectivity index (χ0v) is 13.6. The minimum absolute atomic E-state index is 0.0915. The molecule has 0 unspecified atom stereocenters. The summed E-state index contributed by atoms with van der Waals surface area (Å²) in [6, 6.07) is 13.1. The molecule has 1 aromatic carbocycles. The van der Waals surface area contributed by atoms with Crippen LogP contribution in [0.15, 0.2) is 42.5 Å². The Morgan fingerprint density at radius 3 is 2.35 bits per heavy atom. The molecule has 0 saturated heterocycles. The number of aliphatic hydroxyl groups is 1. The lowest BCUT2D eigenvalue weighted by Crippen LogP contribution is -2.39. The van der Waals surface area contributed by atoms with Crippen molar-refractivity contribution in [3.8, 4) is 11.3 Å². The number of anilines is 1. The summed E-state index contributed by atoms with van der Waals surface area (Å²) in [5, 5.41) is 17.4. The highest BCUT2D eigenvalue weighted by molar-refractivity contribution is 5.86. The highest BCUT2D eigenvalue weighted by Crippen LogP contribution is 2.19. The molecule has 1 aromatic heterocycles. The zero-order chi connectivity index (χ0) is 16.9. The molecule has 23 heavy (non-hydrogen) atoms. The first-order valence-corrected chi connectivity index (χ1v) is 7.41. The number of rotatable bonds is 4. The molecule has 1 heterocycles. The predicted molar refractivity (Wildman–Crippen MR) is 88.1 cm³/mol. The molecule has 0 bridgehead atoms. The van der Waals surface area contributed by atoms with E-state index in [1.54, 1.807) is 32.9 Å². The summed E-state index contributed by atoms with van der Waals surface area (Å²) in [5.41, 5.74) is 1.03. The van der Waals surface area contributed by atoms with Crippen molar-refractivity contribution in [2.24, 2.45) is 0 Å². The van der Waals surface area contributed by atoms with E-state index in [0.29, 0.717) is 11.5 Å². The van der Waals surface area contributed by atoms with Crippen LogP contribution in [0.1, 0.15) is 20.8 Å². The zero-order valence-electron chi connectivity index (χ0n) is 13.6. The molecule has 6 nitrogen and oxygen atoms in total. The topological polar surface area (TPSA) is 75.5 Å². The SMILES string of the molecule is CC(C)(C)OC(=O)N(CCO)c1ccc(-c2ccccc2)nn1. The third kappa shape index (κ3) is 4.75. The van der Waals surface area contributed by atoms with Crippen LogP contribution in [0, 0.1) is 0 Å². The molecule has 0 atom stereocenters. The van der Waals surface area contributed by atoms with E-state index in [-0.39, 0.29) is 13.2 Å². The fourth-order valence-electron chi connectivity index (χ4n) is 1.95. The first-order chi connectivity index (χ1) is 10.9. The number of benzene rings is 1. The van der Waals surface area contributed by atoms with E-state index in [9.17, 15) is 9.90 Å². The summed E-state index contributed by atoms with van der Waals surface area (Å²) in [7, 11) is 0. The molecule has 1 amide bonds. The lowest BCUT2D eigenvalue weighted by atomic mass is 10.1. The number of nitrogens with zero attached hydrogens (tertiary/aromatic N) is 3. The van der Waals surface area contributed by atoms with Gasteiger partial charge in [0.25, 0.3) is 0 Å². The number of ether oxygens (including phenoxy) is 1. The highest BCUT2D eigenvalue weighted by atomic mass is 16.6. The van der Waals surface area contributed by atoms with E-state index in [0.717, 1.165) is 5.56 Å². The van der Waals surface area contributed by atoms with Crippen LogP contribution >= 0.6 is 0 Å². The lowest BCUT2D eigenvalue weighted by molar-refractivity contribution is 0.0572. The number of carbonyl (C=O) groups is 1. The van der Waals surface area contributed by atoms with Crippen LogP contribution < -0.4 is 4.90 Å². The van der Waals surface area contributed by atoms with E-state index < -0.39 is 11.7 Å². The molecule has 0 radical (unpaired) electrons. The average Bonchev–Trinajstić information content (AvgIpc) is 2.52. The summed E-state index contributed by atoms with van der Waals surface area (Å²) in [6.07, 6.45) is -0.562. The van der Waals surface area contributed by atoms with E-state index in [2.05, 4.69) is 10.2 Å². The molecule has 122 valence electrons. The Bertz CT molecular complexity index is 636. The van der Waals surface area contributed by atoms with Gasteiger partial charge in [-0.2, -0.15) is 0 Å². The molecule has 0 saturated carbocycles. The Hall–Kier alpha value is -2.47. The van der Waals surface area contributed by atoms with Gasteiger partial charge in [-0.3, -0.25) is 4.90 Å². The number of amides is 1. The van der Waals surface area contributed by atoms with Crippen molar-refractivity contribution in [3.05, 3.63) is 42.5 Å². The van der Waals surface area contributed by atoms with Gasteiger partial charge in [-0.15, -0.1) is 10.2 Å². The van der Waals surface area contributed by atoms with Crippen LogP contribution in [0.25, 0.3) is 11.3 Å². The molecule has 0 fully saturated rings. The summed E-state index contributed by atoms with van der Waals surface area (Å²) in [6.45, 7) is 5.25. The van der Waals surface area contributed by atoms with Crippen LogP contribution in [0.4, 0.5) is 10.6 Å². The number of aromatic nitrogens is 2. The molecule has 1 N–H and O–H groups in total. The number of hydrogen-bond donors (Lipinski definition) is 1. The number of aliphatic hydroxyl groups excluding tert-OH is 1. The third-order valence-corrected chi connectivity index (χ3v) is 2.93. The van der Waals surface area contributed by atoms with Gasteiger partial charge in [-0.05, 0) is 32.9 Å². The van der Waals surface area contributed by atoms with Gasteiger partial charge < -0.3 is 9.84 Å². The van der Waals surface area contributed by atoms with E-state index in [4.69, 9.17) is 4.74 Å². The fourth-order valence-corrected chi connectivity index (χ4v) is 1.95. The monoisotopic (exact) mass is 315 g/mol. The lowest BCUT2D eigenvalue weighted by Gasteiger charge is -2.26. The quantitative estimate of drug-likeness (QED) is 0.939. The fraction of sp³-hybridized carbons (Fsp3) is 0.353. The van der Waals surface area contributed by atoms with Gasteiger partial charge in [0.1, 0.15) is 5.60 Å². The van der Waals surface area contributed by atoms with Crippen molar-refractivity contribution in [2.45, 2.75) is 26.4 Å². The normalized spacial score (nSPS) is 11.1. The Morgan fingerprint density at radius 2 is 1.83 bits per heavy atom. The van der Waals surface area contributed by atoms with Crippen molar-refractivity contribution in [1.29, 1.82) is 0 Å². The van der Waals surface area contributed by atoms with Crippen molar-refractivity contribution in [1.82, 2.24) is 10.2 Å². The molecular weight excluding hydrogens is 294 g/mol. The first kappa shape index (κ1) is 16.9. The average molecular weight is 315 g/mol. The van der Waals surface area contributed by atoms with E-state index in [1.807, 2.05) is 30.3 Å². The number of hydrogen-bond acceptors (Lipinski definition) is 5. The van der Waals surface area contributed by atoms with Crippen LogP contribution in [0.2, 0.25) is 0 Å². The molecular formula is C17H21N3O3. The van der Waals surface area contributed by atoms with Gasteiger partial charge in [0, 0.05) is 5.56 Å². The maximum atomic E-state index is 12.2. The molecule has 2 rings (SSSR count). The van der Waals surface area contributed by atoms with Crippen LogP contribution in [-0.2, 0) is 4.74 Å². The summed E-state index contributed by atoms with van der Waals surface area (Å²) < 4.78 is 5.33. The molecule has 0 aliphatic rings. The third-order valence-electron chi connectivity index (χ3n) is 2.93. The molecule has 0 spiro atoms. The van der Waals surface area contributed by atoms with Crippen LogP contribution in [-0.4, -0.2) is 40.1 Å². The summed E-state index contributed by atoms with van der Waals surface area (Å²) in [4.78, 5) is 13.5. The molecule has 2 aromatic rings. The second kappa shape index (κ2) is 7.19. The predicted octanol–water partition coefficient (Wildman–Crippen LogP) is 2.88. The van der Waals surface area contributed by atoms with Gasteiger partial charge in [0.05, 0.1) is 18.8 Å². The smallest absolute Gasteiger partial charge is 0.416 e. The highest BCUT2D eigenvalue weighted by Gasteiger charge is 2.24. The van der Waals surface area contributed by atoms with Crippen LogP contribution in [0.5, 0.6) is 0 Å². The summed E-state index contributed by atoms with van der Waals surface area (Å²) >= 11 is 0. The Kier molecular flexibility index (Phi) is 5.28. The van der Waals surface area contributed by atoms with Crippen molar-refractivity contribution >= 4 is 11.9 Å². The van der Waals surface area contributed by atoms with Gasteiger partial charge in [-0.25, -0.2) is 4.79 Å². The Labute approximate surface area is 135 Å². The molecule has 0 aliphatic heterocycles. The summed E-state index contributed by atoms with van der Waals surface area (Å²) in [5.74, 6) is 0.341. The first-order valence-electron chi connectivity index (χ1n) is 7.41. The standard InChI is InChI=1S/C17H21N3O3/c1-17(2,3)23-16(22)20(11-12-21)15-10-9-14(18-19-15)13-7-5-4-6-8-13/h4-10,21H,11-12H2,1-3H3. The minimum atomic E-state index is -0.623. The van der Waals surface area contributed by atoms with Gasteiger partial charge in [0.2, 0.25) is 0 Å². The Balaban J connectivity index is 2.21. The van der Waals surface area contributed by atoms with Gasteiger partial charge in [0.15, 0.2) is 5.82 Å². The molecule has 0 aliphatic carbocycles. The van der Waals surface area contributed by atoms with Gasteiger partial charge >= 0.3 is 6.09 Å². The molecule has 6 heteroatoms. The van der Waals surface area contributed by atoms with Crippen molar-refractivity contribution < 1.29 is 14.6 Å². The largest absolute Gasteiger partial charge is 0.443 e. The van der Waals surface area contributed by atoms with E-state index >= 15 is 0 Å². The Morgan fingerprint density at radius 1 is 1.13 bits per heavy atom. The minimum Gasteiger partial charge on any atom is -0.443 e. The maximum absolute atomic E-state index is 12.2. The second-order valence-electron chi connectivity index (χ2n) is 6.00. The van der Waals surface area contributed by atoms with Crippen LogP contribution in [0.3, 0.4) is 0 Å². The maximum Gasteiger partial charge on any atom is 0.416 e. The van der Waals surface area contributed by atoms with E-state index in [1.165, 1.54) is 4.90 Å². The second-order valence-corrected chi connectivity index (χ2v) is 6.00. The number of carbonyl (C=O) groups excluding carboxylic acids is 1.